The minimum atomic E-state index is 0.0800. The zero-order valence-electron chi connectivity index (χ0n) is 13.3. The van der Waals surface area contributed by atoms with E-state index in [2.05, 4.69) is 55.4 Å². The van der Waals surface area contributed by atoms with Crippen LogP contribution in [0, 0.1) is 0 Å². The van der Waals surface area contributed by atoms with Gasteiger partial charge in [0.25, 0.3) is 0 Å². The van der Waals surface area contributed by atoms with Crippen LogP contribution >= 0.6 is 22.9 Å². The van der Waals surface area contributed by atoms with E-state index in [4.69, 9.17) is 17.3 Å². The van der Waals surface area contributed by atoms with Crippen LogP contribution < -0.4 is 5.73 Å². The molecule has 1 aliphatic rings. The lowest BCUT2D eigenvalue weighted by Gasteiger charge is -2.40. The van der Waals surface area contributed by atoms with Gasteiger partial charge in [0.2, 0.25) is 11.2 Å². The average Bonchev–Trinajstić information content (AvgIpc) is 3.07. The Balaban J connectivity index is 1.62. The summed E-state index contributed by atoms with van der Waals surface area (Å²) in [6.45, 7) is 8.35. The zero-order valence-corrected chi connectivity index (χ0v) is 14.9. The molecule has 0 aromatic carbocycles. The smallest absolute Gasteiger partial charge is 0.227 e. The molecule has 3 rings (SSSR count). The van der Waals surface area contributed by atoms with E-state index in [9.17, 15) is 0 Å². The Labute approximate surface area is 145 Å². The van der Waals surface area contributed by atoms with Gasteiger partial charge in [-0.2, -0.15) is 21.3 Å². The molecule has 2 atom stereocenters. The number of thiophene rings is 1. The van der Waals surface area contributed by atoms with Crippen LogP contribution in [0.2, 0.25) is 5.28 Å². The van der Waals surface area contributed by atoms with Crippen molar-refractivity contribution in [2.24, 2.45) is 0 Å². The van der Waals surface area contributed by atoms with Crippen LogP contribution in [0.15, 0.2) is 16.8 Å². The van der Waals surface area contributed by atoms with Gasteiger partial charge in [-0.15, -0.1) is 0 Å². The van der Waals surface area contributed by atoms with Crippen molar-refractivity contribution < 1.29 is 0 Å². The molecule has 1 aliphatic heterocycles. The second-order valence-electron chi connectivity index (χ2n) is 5.80. The molecule has 0 spiro atoms. The monoisotopic (exact) mass is 352 g/mol. The maximum Gasteiger partial charge on any atom is 0.227 e. The Morgan fingerprint density at radius 3 is 2.30 bits per heavy atom. The summed E-state index contributed by atoms with van der Waals surface area (Å²) in [5, 5.41) is 4.53. The topological polar surface area (TPSA) is 71.2 Å². The van der Waals surface area contributed by atoms with E-state index in [1.165, 1.54) is 5.56 Å². The number of aromatic nitrogens is 3. The third kappa shape index (κ3) is 3.80. The number of halogens is 1. The molecule has 2 aromatic rings. The molecule has 0 amide bonds. The Bertz CT molecular complexity index is 621. The fourth-order valence-electron chi connectivity index (χ4n) is 2.97. The average molecular weight is 353 g/mol. The molecule has 0 unspecified atom stereocenters. The van der Waals surface area contributed by atoms with Gasteiger partial charge < -0.3 is 5.73 Å². The molecular weight excluding hydrogens is 332 g/mol. The number of nitrogens with two attached hydrogens (primary N) is 1. The van der Waals surface area contributed by atoms with Gasteiger partial charge in [0.1, 0.15) is 0 Å². The van der Waals surface area contributed by atoms with Gasteiger partial charge in [-0.1, -0.05) is 0 Å². The van der Waals surface area contributed by atoms with Crippen LogP contribution in [0.25, 0.3) is 0 Å². The first kappa shape index (κ1) is 16.6. The van der Waals surface area contributed by atoms with Crippen molar-refractivity contribution in [1.82, 2.24) is 24.8 Å². The summed E-state index contributed by atoms with van der Waals surface area (Å²) in [5.74, 6) is 0.818. The highest BCUT2D eigenvalue weighted by molar-refractivity contribution is 7.07. The second kappa shape index (κ2) is 7.09. The molecule has 6 nitrogen and oxygen atoms in total. The predicted octanol–water partition coefficient (Wildman–Crippen LogP) is 2.61. The molecule has 0 aliphatic carbocycles. The van der Waals surface area contributed by atoms with Crippen LogP contribution in [-0.2, 0) is 0 Å². The molecule has 0 bridgehead atoms. The molecule has 0 saturated carbocycles. The highest BCUT2D eigenvalue weighted by atomic mass is 35.5. The second-order valence-corrected chi connectivity index (χ2v) is 6.92. The molecule has 3 heterocycles. The number of piperazine rings is 1. The summed E-state index contributed by atoms with van der Waals surface area (Å²) in [7, 11) is 0. The standard InChI is InChI=1S/C15H21ClN6S/c1-10(12-3-8-23-9-12)21-4-6-22(7-5-21)11(2)13-18-14(16)20-15(17)19-13/h3,8-11H,4-7H2,1-2H3,(H2,17,18,19,20)/t10-,11+/m1/s1. The maximum absolute atomic E-state index is 5.89. The number of nitrogen functional groups attached to an aromatic ring is 1. The van der Waals surface area contributed by atoms with E-state index >= 15 is 0 Å². The lowest BCUT2D eigenvalue weighted by Crippen LogP contribution is -2.48. The first-order chi connectivity index (χ1) is 11.0. The van der Waals surface area contributed by atoms with Gasteiger partial charge in [0.15, 0.2) is 5.82 Å². The van der Waals surface area contributed by atoms with Crippen LogP contribution in [0.1, 0.15) is 37.3 Å². The van der Waals surface area contributed by atoms with E-state index < -0.39 is 0 Å². The van der Waals surface area contributed by atoms with Crippen molar-refractivity contribution in [2.75, 3.05) is 31.9 Å². The van der Waals surface area contributed by atoms with Crippen LogP contribution in [-0.4, -0.2) is 50.9 Å². The number of anilines is 1. The van der Waals surface area contributed by atoms with Crippen molar-refractivity contribution in [3.63, 3.8) is 0 Å². The van der Waals surface area contributed by atoms with Gasteiger partial charge in [0.05, 0.1) is 6.04 Å². The predicted molar refractivity (Wildman–Crippen MR) is 93.5 cm³/mol. The van der Waals surface area contributed by atoms with Crippen molar-refractivity contribution >= 4 is 28.9 Å². The van der Waals surface area contributed by atoms with Gasteiger partial charge >= 0.3 is 0 Å². The molecule has 0 radical (unpaired) electrons. The highest BCUT2D eigenvalue weighted by Crippen LogP contribution is 2.26. The third-order valence-corrected chi connectivity index (χ3v) is 5.36. The molecule has 23 heavy (non-hydrogen) atoms. The van der Waals surface area contributed by atoms with Crippen LogP contribution in [0.5, 0.6) is 0 Å². The molecular formula is C15H21ClN6S. The minimum Gasteiger partial charge on any atom is -0.368 e. The number of hydrogen-bond acceptors (Lipinski definition) is 7. The number of hydrogen-bond donors (Lipinski definition) is 1. The minimum absolute atomic E-state index is 0.0800. The number of nitrogens with zero attached hydrogens (tertiary/aromatic N) is 5. The molecule has 1 saturated heterocycles. The van der Waals surface area contributed by atoms with E-state index in [0.29, 0.717) is 11.9 Å². The highest BCUT2D eigenvalue weighted by Gasteiger charge is 2.27. The third-order valence-electron chi connectivity index (χ3n) is 4.49. The van der Waals surface area contributed by atoms with E-state index in [1.807, 2.05) is 0 Å². The SMILES string of the molecule is C[C@H](c1ccsc1)N1CCN([C@@H](C)c2nc(N)nc(Cl)n2)CC1. The summed E-state index contributed by atoms with van der Waals surface area (Å²) in [6.07, 6.45) is 0. The summed E-state index contributed by atoms with van der Waals surface area (Å²) >= 11 is 7.64. The van der Waals surface area contributed by atoms with Crippen molar-refractivity contribution in [3.05, 3.63) is 33.5 Å². The normalized spacial score (nSPS) is 19.6. The lowest BCUT2D eigenvalue weighted by atomic mass is 10.1. The van der Waals surface area contributed by atoms with Crippen molar-refractivity contribution in [3.8, 4) is 0 Å². The fraction of sp³-hybridized carbons (Fsp3) is 0.533. The maximum atomic E-state index is 5.89. The molecule has 1 fully saturated rings. The Kier molecular flexibility index (Phi) is 5.11. The van der Waals surface area contributed by atoms with Crippen molar-refractivity contribution in [2.45, 2.75) is 25.9 Å². The van der Waals surface area contributed by atoms with Crippen LogP contribution in [0.4, 0.5) is 5.95 Å². The summed E-state index contributed by atoms with van der Waals surface area (Å²) in [4.78, 5) is 17.1. The first-order valence-corrected chi connectivity index (χ1v) is 9.04. The summed E-state index contributed by atoms with van der Waals surface area (Å²) in [6, 6.07) is 2.75. The first-order valence-electron chi connectivity index (χ1n) is 7.71. The van der Waals surface area contributed by atoms with Gasteiger partial charge in [-0.05, 0) is 47.8 Å². The Morgan fingerprint density at radius 1 is 1.09 bits per heavy atom. The van der Waals surface area contributed by atoms with E-state index in [1.54, 1.807) is 11.3 Å². The fourth-order valence-corrected chi connectivity index (χ4v) is 3.89. The molecule has 8 heteroatoms. The van der Waals surface area contributed by atoms with Gasteiger partial charge in [-0.25, -0.2) is 4.98 Å². The van der Waals surface area contributed by atoms with E-state index in [-0.39, 0.29) is 17.3 Å². The van der Waals surface area contributed by atoms with Gasteiger partial charge in [0, 0.05) is 32.2 Å². The molecule has 2 N–H and O–H groups in total. The molecule has 124 valence electrons. The summed E-state index contributed by atoms with van der Waals surface area (Å²) < 4.78 is 0. The van der Waals surface area contributed by atoms with E-state index in [0.717, 1.165) is 26.2 Å². The number of rotatable bonds is 4. The Morgan fingerprint density at radius 2 is 1.74 bits per heavy atom. The zero-order chi connectivity index (χ0) is 16.4. The molecule has 2 aromatic heterocycles. The van der Waals surface area contributed by atoms with Crippen LogP contribution in [0.3, 0.4) is 0 Å². The van der Waals surface area contributed by atoms with Crippen molar-refractivity contribution in [1.29, 1.82) is 0 Å². The summed E-state index contributed by atoms with van der Waals surface area (Å²) in [5.41, 5.74) is 7.07. The largest absolute Gasteiger partial charge is 0.368 e. The lowest BCUT2D eigenvalue weighted by molar-refractivity contribution is 0.0759. The quantitative estimate of drug-likeness (QED) is 0.912. The van der Waals surface area contributed by atoms with Gasteiger partial charge in [-0.3, -0.25) is 9.80 Å². The Hall–Kier alpha value is -1.28.